The summed E-state index contributed by atoms with van der Waals surface area (Å²) in [5, 5.41) is 3.41. The van der Waals surface area contributed by atoms with E-state index in [1.54, 1.807) is 0 Å². The molecule has 1 aromatic rings. The van der Waals surface area contributed by atoms with Crippen LogP contribution >= 0.6 is 0 Å². The van der Waals surface area contributed by atoms with Crippen LogP contribution in [0, 0.1) is 5.92 Å². The van der Waals surface area contributed by atoms with Crippen molar-refractivity contribution in [3.05, 3.63) is 17.7 Å². The molecule has 1 N–H and O–H groups in total. The molecule has 15 heavy (non-hydrogen) atoms. The molecule has 0 aromatic carbocycles. The van der Waals surface area contributed by atoms with Crippen molar-refractivity contribution in [1.82, 2.24) is 14.9 Å². The third-order valence-corrected chi connectivity index (χ3v) is 3.73. The predicted octanol–water partition coefficient (Wildman–Crippen LogP) is 1.54. The number of aryl methyl sites for hydroxylation is 1. The van der Waals surface area contributed by atoms with E-state index in [9.17, 15) is 0 Å². The van der Waals surface area contributed by atoms with E-state index in [-0.39, 0.29) is 0 Å². The molecule has 0 aliphatic carbocycles. The molecule has 0 amide bonds. The molecule has 1 fully saturated rings. The molecular weight excluding hydrogens is 186 g/mol. The SMILES string of the molecule is CC1CCc2nc(C3CCNC3)cn2C1. The summed E-state index contributed by atoms with van der Waals surface area (Å²) in [4.78, 5) is 4.79. The summed E-state index contributed by atoms with van der Waals surface area (Å²) < 4.78 is 2.38. The highest BCUT2D eigenvalue weighted by Crippen LogP contribution is 2.25. The molecule has 2 aliphatic heterocycles. The number of hydrogen-bond donors (Lipinski definition) is 1. The van der Waals surface area contributed by atoms with Crippen molar-refractivity contribution in [3.8, 4) is 0 Å². The first-order valence-corrected chi connectivity index (χ1v) is 6.09. The van der Waals surface area contributed by atoms with Gasteiger partial charge in [0, 0.05) is 31.6 Å². The Balaban J connectivity index is 1.85. The minimum atomic E-state index is 0.665. The van der Waals surface area contributed by atoms with Gasteiger partial charge in [-0.3, -0.25) is 0 Å². The second-order valence-electron chi connectivity index (χ2n) is 5.07. The molecule has 0 bridgehead atoms. The standard InChI is InChI=1S/C12H19N3/c1-9-2-3-12-14-11(8-15(12)7-9)10-4-5-13-6-10/h8-10,13H,2-7H2,1H3. The summed E-state index contributed by atoms with van der Waals surface area (Å²) in [5.74, 6) is 2.80. The first-order chi connectivity index (χ1) is 7.33. The Labute approximate surface area is 90.9 Å². The summed E-state index contributed by atoms with van der Waals surface area (Å²) in [6.07, 6.45) is 6.02. The fourth-order valence-electron chi connectivity index (χ4n) is 2.74. The lowest BCUT2D eigenvalue weighted by Crippen LogP contribution is -2.17. The Kier molecular flexibility index (Phi) is 2.28. The number of nitrogens with zero attached hydrogens (tertiary/aromatic N) is 2. The number of fused-ring (bicyclic) bond motifs is 1. The molecule has 3 heteroatoms. The number of rotatable bonds is 1. The zero-order valence-electron chi connectivity index (χ0n) is 9.37. The number of imidazole rings is 1. The third kappa shape index (κ3) is 1.69. The number of nitrogens with one attached hydrogen (secondary N) is 1. The van der Waals surface area contributed by atoms with Crippen molar-refractivity contribution >= 4 is 0 Å². The predicted molar refractivity (Wildman–Crippen MR) is 59.9 cm³/mol. The van der Waals surface area contributed by atoms with Crippen LogP contribution in [0.25, 0.3) is 0 Å². The van der Waals surface area contributed by atoms with Gasteiger partial charge in [0.2, 0.25) is 0 Å². The van der Waals surface area contributed by atoms with E-state index < -0.39 is 0 Å². The minimum Gasteiger partial charge on any atom is -0.334 e. The van der Waals surface area contributed by atoms with Crippen LogP contribution in [0.2, 0.25) is 0 Å². The Bertz CT molecular complexity index is 350. The van der Waals surface area contributed by atoms with Crippen molar-refractivity contribution in [2.45, 2.75) is 38.6 Å². The van der Waals surface area contributed by atoms with E-state index in [0.29, 0.717) is 5.92 Å². The van der Waals surface area contributed by atoms with Crippen LogP contribution in [0.5, 0.6) is 0 Å². The normalized spacial score (nSPS) is 30.5. The van der Waals surface area contributed by atoms with Crippen LogP contribution in [-0.4, -0.2) is 22.6 Å². The molecule has 3 rings (SSSR count). The van der Waals surface area contributed by atoms with Gasteiger partial charge in [0.25, 0.3) is 0 Å². The highest BCUT2D eigenvalue weighted by molar-refractivity contribution is 5.13. The van der Waals surface area contributed by atoms with Gasteiger partial charge in [-0.15, -0.1) is 0 Å². The van der Waals surface area contributed by atoms with E-state index in [1.807, 2.05) is 0 Å². The molecule has 1 aromatic heterocycles. The van der Waals surface area contributed by atoms with E-state index in [1.165, 1.54) is 37.3 Å². The summed E-state index contributed by atoms with van der Waals surface area (Å²) in [7, 11) is 0. The highest BCUT2D eigenvalue weighted by atomic mass is 15.1. The van der Waals surface area contributed by atoms with Gasteiger partial charge in [-0.1, -0.05) is 6.92 Å². The monoisotopic (exact) mass is 205 g/mol. The van der Waals surface area contributed by atoms with Gasteiger partial charge in [0.05, 0.1) is 5.69 Å². The van der Waals surface area contributed by atoms with Gasteiger partial charge in [-0.2, -0.15) is 0 Å². The average molecular weight is 205 g/mol. The summed E-state index contributed by atoms with van der Waals surface area (Å²) in [5.41, 5.74) is 1.32. The molecule has 3 nitrogen and oxygen atoms in total. The van der Waals surface area contributed by atoms with Crippen LogP contribution < -0.4 is 5.32 Å². The first kappa shape index (κ1) is 9.40. The molecular formula is C12H19N3. The van der Waals surface area contributed by atoms with E-state index in [2.05, 4.69) is 23.0 Å². The maximum atomic E-state index is 4.79. The van der Waals surface area contributed by atoms with Crippen molar-refractivity contribution in [3.63, 3.8) is 0 Å². The molecule has 0 spiro atoms. The fraction of sp³-hybridized carbons (Fsp3) is 0.750. The van der Waals surface area contributed by atoms with Crippen LogP contribution in [0.4, 0.5) is 0 Å². The third-order valence-electron chi connectivity index (χ3n) is 3.73. The molecule has 2 aliphatic rings. The lowest BCUT2D eigenvalue weighted by molar-refractivity contribution is 0.394. The van der Waals surface area contributed by atoms with E-state index in [4.69, 9.17) is 4.98 Å². The van der Waals surface area contributed by atoms with Crippen molar-refractivity contribution in [2.24, 2.45) is 5.92 Å². The highest BCUT2D eigenvalue weighted by Gasteiger charge is 2.23. The Morgan fingerprint density at radius 3 is 3.20 bits per heavy atom. The lowest BCUT2D eigenvalue weighted by Gasteiger charge is -2.19. The summed E-state index contributed by atoms with van der Waals surface area (Å²) in [6.45, 7) is 5.78. The quantitative estimate of drug-likeness (QED) is 0.753. The molecule has 2 atom stereocenters. The first-order valence-electron chi connectivity index (χ1n) is 6.09. The molecule has 82 valence electrons. The van der Waals surface area contributed by atoms with Gasteiger partial charge in [-0.05, 0) is 25.3 Å². The van der Waals surface area contributed by atoms with Crippen LogP contribution in [-0.2, 0) is 13.0 Å². The lowest BCUT2D eigenvalue weighted by atomic mass is 10.0. The zero-order chi connectivity index (χ0) is 10.3. The van der Waals surface area contributed by atoms with E-state index in [0.717, 1.165) is 19.0 Å². The van der Waals surface area contributed by atoms with Crippen LogP contribution in [0.15, 0.2) is 6.20 Å². The van der Waals surface area contributed by atoms with Crippen LogP contribution in [0.1, 0.15) is 37.2 Å². The maximum Gasteiger partial charge on any atom is 0.108 e. The fourth-order valence-corrected chi connectivity index (χ4v) is 2.74. The minimum absolute atomic E-state index is 0.665. The van der Waals surface area contributed by atoms with Gasteiger partial charge in [0.1, 0.15) is 5.82 Å². The molecule has 2 unspecified atom stereocenters. The van der Waals surface area contributed by atoms with Gasteiger partial charge < -0.3 is 9.88 Å². The summed E-state index contributed by atoms with van der Waals surface area (Å²) >= 11 is 0. The Morgan fingerprint density at radius 1 is 1.47 bits per heavy atom. The molecule has 1 saturated heterocycles. The van der Waals surface area contributed by atoms with Gasteiger partial charge in [0.15, 0.2) is 0 Å². The zero-order valence-corrected chi connectivity index (χ0v) is 9.37. The number of hydrogen-bond acceptors (Lipinski definition) is 2. The second-order valence-corrected chi connectivity index (χ2v) is 5.07. The summed E-state index contributed by atoms with van der Waals surface area (Å²) in [6, 6.07) is 0. The van der Waals surface area contributed by atoms with Crippen molar-refractivity contribution in [1.29, 1.82) is 0 Å². The molecule has 0 saturated carbocycles. The van der Waals surface area contributed by atoms with Crippen molar-refractivity contribution < 1.29 is 0 Å². The maximum absolute atomic E-state index is 4.79. The average Bonchev–Trinajstić information content (AvgIpc) is 2.84. The largest absolute Gasteiger partial charge is 0.334 e. The molecule has 3 heterocycles. The van der Waals surface area contributed by atoms with Crippen molar-refractivity contribution in [2.75, 3.05) is 13.1 Å². The topological polar surface area (TPSA) is 29.9 Å². The van der Waals surface area contributed by atoms with Crippen LogP contribution in [0.3, 0.4) is 0 Å². The number of aromatic nitrogens is 2. The van der Waals surface area contributed by atoms with E-state index >= 15 is 0 Å². The van der Waals surface area contributed by atoms with Gasteiger partial charge in [-0.25, -0.2) is 4.98 Å². The Hall–Kier alpha value is -0.830. The second kappa shape index (κ2) is 3.63. The van der Waals surface area contributed by atoms with Gasteiger partial charge >= 0.3 is 0 Å². The smallest absolute Gasteiger partial charge is 0.108 e. The Morgan fingerprint density at radius 2 is 2.40 bits per heavy atom. The molecule has 0 radical (unpaired) electrons.